The van der Waals surface area contributed by atoms with E-state index in [9.17, 15) is 15.0 Å². The van der Waals surface area contributed by atoms with Gasteiger partial charge in [-0.25, -0.2) is 0 Å². The van der Waals surface area contributed by atoms with Crippen LogP contribution in [-0.4, -0.2) is 21.7 Å². The maximum absolute atomic E-state index is 12.2. The summed E-state index contributed by atoms with van der Waals surface area (Å²) in [6.45, 7) is 0. The highest BCUT2D eigenvalue weighted by Crippen LogP contribution is 2.63. The van der Waals surface area contributed by atoms with Crippen molar-refractivity contribution in [1.29, 1.82) is 0 Å². The van der Waals surface area contributed by atoms with Crippen LogP contribution in [-0.2, 0) is 4.79 Å². The van der Waals surface area contributed by atoms with Crippen LogP contribution in [0.3, 0.4) is 0 Å². The van der Waals surface area contributed by atoms with Gasteiger partial charge in [-0.1, -0.05) is 0 Å². The lowest BCUT2D eigenvalue weighted by atomic mass is 9.47. The molecule has 1 aromatic carbocycles. The molecule has 1 amide bonds. The van der Waals surface area contributed by atoms with E-state index in [1.54, 1.807) is 24.3 Å². The minimum Gasteiger partial charge on any atom is -0.508 e. The number of hydrogen-bond donors (Lipinski definition) is 3. The van der Waals surface area contributed by atoms with Gasteiger partial charge in [-0.3, -0.25) is 4.79 Å². The molecule has 0 radical (unpaired) electrons. The van der Waals surface area contributed by atoms with E-state index in [2.05, 4.69) is 5.32 Å². The fourth-order valence-electron chi connectivity index (χ4n) is 5.84. The van der Waals surface area contributed by atoms with Crippen molar-refractivity contribution in [1.82, 2.24) is 0 Å². The second-order valence-electron chi connectivity index (χ2n) is 8.28. The molecule has 4 bridgehead atoms. The molecule has 3 N–H and O–H groups in total. The molecule has 5 rings (SSSR count). The third-order valence-electron chi connectivity index (χ3n) is 6.18. The van der Waals surface area contributed by atoms with Crippen molar-refractivity contribution in [3.05, 3.63) is 24.3 Å². The van der Waals surface area contributed by atoms with E-state index in [0.29, 0.717) is 18.3 Å². The summed E-state index contributed by atoms with van der Waals surface area (Å²) < 4.78 is 0. The van der Waals surface area contributed by atoms with E-state index in [-0.39, 0.29) is 17.1 Å². The van der Waals surface area contributed by atoms with Crippen LogP contribution < -0.4 is 5.32 Å². The van der Waals surface area contributed by atoms with E-state index in [4.69, 9.17) is 0 Å². The lowest BCUT2D eigenvalue weighted by molar-refractivity contribution is -0.166. The van der Waals surface area contributed by atoms with Crippen molar-refractivity contribution < 1.29 is 15.0 Å². The largest absolute Gasteiger partial charge is 0.508 e. The van der Waals surface area contributed by atoms with Gasteiger partial charge in [0.1, 0.15) is 5.75 Å². The first-order chi connectivity index (χ1) is 10.9. The van der Waals surface area contributed by atoms with Gasteiger partial charge in [-0.15, -0.1) is 0 Å². The third kappa shape index (κ3) is 2.97. The normalized spacial score (nSPS) is 37.8. The molecule has 4 aliphatic carbocycles. The Hall–Kier alpha value is -1.55. The maximum atomic E-state index is 12.2. The Labute approximate surface area is 136 Å². The molecule has 0 aliphatic heterocycles. The molecule has 4 aliphatic rings. The van der Waals surface area contributed by atoms with Gasteiger partial charge in [0.2, 0.25) is 5.91 Å². The number of carbonyl (C=O) groups excluding carboxylic acids is 1. The van der Waals surface area contributed by atoms with E-state index >= 15 is 0 Å². The molecule has 4 fully saturated rings. The number of phenols is 1. The molecule has 4 saturated carbocycles. The second-order valence-corrected chi connectivity index (χ2v) is 8.28. The van der Waals surface area contributed by atoms with Crippen molar-refractivity contribution in [2.75, 3.05) is 5.32 Å². The molecular weight excluding hydrogens is 290 g/mol. The molecule has 0 heterocycles. The van der Waals surface area contributed by atoms with Gasteiger partial charge in [0.25, 0.3) is 0 Å². The van der Waals surface area contributed by atoms with Gasteiger partial charge in [-0.2, -0.15) is 0 Å². The Kier molecular flexibility index (Phi) is 3.41. The molecular formula is C19H25NO3. The SMILES string of the molecule is O=C(CCC12CC3CC(CC(O)(C3)C1)C2)Nc1ccc(O)cc1. The number of aromatic hydroxyl groups is 1. The van der Waals surface area contributed by atoms with Gasteiger partial charge >= 0.3 is 0 Å². The summed E-state index contributed by atoms with van der Waals surface area (Å²) >= 11 is 0. The molecule has 2 atom stereocenters. The van der Waals surface area contributed by atoms with E-state index in [1.165, 1.54) is 19.3 Å². The number of carbonyl (C=O) groups is 1. The molecule has 124 valence electrons. The Bertz CT molecular complexity index is 596. The first kappa shape index (κ1) is 15.0. The summed E-state index contributed by atoms with van der Waals surface area (Å²) in [6.07, 6.45) is 7.90. The minimum absolute atomic E-state index is 0.0263. The number of benzene rings is 1. The topological polar surface area (TPSA) is 69.6 Å². The van der Waals surface area contributed by atoms with Crippen LogP contribution in [0, 0.1) is 17.3 Å². The average Bonchev–Trinajstić information content (AvgIpc) is 2.45. The predicted octanol–water partition coefficient (Wildman–Crippen LogP) is 3.44. The summed E-state index contributed by atoms with van der Waals surface area (Å²) in [5.74, 6) is 1.56. The third-order valence-corrected chi connectivity index (χ3v) is 6.18. The monoisotopic (exact) mass is 315 g/mol. The molecule has 4 heteroatoms. The molecule has 0 saturated heterocycles. The number of aliphatic hydroxyl groups is 1. The fourth-order valence-corrected chi connectivity index (χ4v) is 5.84. The lowest BCUT2D eigenvalue weighted by Crippen LogP contribution is -2.55. The molecule has 0 aromatic heterocycles. The highest BCUT2D eigenvalue weighted by atomic mass is 16.3. The lowest BCUT2D eigenvalue weighted by Gasteiger charge is -2.60. The van der Waals surface area contributed by atoms with Crippen LogP contribution in [0.2, 0.25) is 0 Å². The standard InChI is InChI=1S/C19H25NO3/c21-16-3-1-15(2-4-16)20-17(22)5-6-18-8-13-7-14(9-18)11-19(23,10-13)12-18/h1-4,13-14,21,23H,5-12H2,(H,20,22). The van der Waals surface area contributed by atoms with Crippen LogP contribution in [0.25, 0.3) is 0 Å². The Balaban J connectivity index is 1.37. The summed E-state index contributed by atoms with van der Waals surface area (Å²) in [6, 6.07) is 6.57. The second kappa shape index (κ2) is 5.23. The van der Waals surface area contributed by atoms with Crippen molar-refractivity contribution >= 4 is 11.6 Å². The quantitative estimate of drug-likeness (QED) is 0.745. The summed E-state index contributed by atoms with van der Waals surface area (Å²) in [5.41, 5.74) is 0.458. The van der Waals surface area contributed by atoms with Crippen molar-refractivity contribution in [2.24, 2.45) is 17.3 Å². The van der Waals surface area contributed by atoms with Crippen LogP contribution in [0.15, 0.2) is 24.3 Å². The number of anilines is 1. The van der Waals surface area contributed by atoms with Crippen LogP contribution >= 0.6 is 0 Å². The fraction of sp³-hybridized carbons (Fsp3) is 0.632. The molecule has 1 aromatic rings. The predicted molar refractivity (Wildman–Crippen MR) is 88.0 cm³/mol. The van der Waals surface area contributed by atoms with E-state index in [0.717, 1.165) is 31.4 Å². The van der Waals surface area contributed by atoms with Crippen LogP contribution in [0.1, 0.15) is 51.4 Å². The van der Waals surface area contributed by atoms with Crippen molar-refractivity contribution in [3.8, 4) is 5.75 Å². The number of amides is 1. The summed E-state index contributed by atoms with van der Waals surface area (Å²) in [4.78, 5) is 12.2. The molecule has 0 spiro atoms. The zero-order chi connectivity index (χ0) is 16.1. The zero-order valence-corrected chi connectivity index (χ0v) is 13.4. The summed E-state index contributed by atoms with van der Waals surface area (Å²) in [7, 11) is 0. The average molecular weight is 315 g/mol. The van der Waals surface area contributed by atoms with Crippen LogP contribution in [0.5, 0.6) is 5.75 Å². The van der Waals surface area contributed by atoms with Gasteiger partial charge in [-0.05, 0) is 86.5 Å². The van der Waals surface area contributed by atoms with Gasteiger partial charge < -0.3 is 15.5 Å². The maximum Gasteiger partial charge on any atom is 0.224 e. The first-order valence-corrected chi connectivity index (χ1v) is 8.75. The highest BCUT2D eigenvalue weighted by Gasteiger charge is 2.56. The highest BCUT2D eigenvalue weighted by molar-refractivity contribution is 5.90. The van der Waals surface area contributed by atoms with Crippen LogP contribution in [0.4, 0.5) is 5.69 Å². The van der Waals surface area contributed by atoms with Gasteiger partial charge in [0, 0.05) is 12.1 Å². The summed E-state index contributed by atoms with van der Waals surface area (Å²) in [5, 5.41) is 22.9. The minimum atomic E-state index is -0.447. The first-order valence-electron chi connectivity index (χ1n) is 8.75. The number of nitrogens with one attached hydrogen (secondary N) is 1. The number of rotatable bonds is 4. The zero-order valence-electron chi connectivity index (χ0n) is 13.4. The molecule has 23 heavy (non-hydrogen) atoms. The van der Waals surface area contributed by atoms with E-state index in [1.807, 2.05) is 0 Å². The smallest absolute Gasteiger partial charge is 0.224 e. The van der Waals surface area contributed by atoms with Gasteiger partial charge in [0.15, 0.2) is 0 Å². The molecule has 2 unspecified atom stereocenters. The Morgan fingerprint density at radius 3 is 2.39 bits per heavy atom. The Morgan fingerprint density at radius 2 is 1.78 bits per heavy atom. The van der Waals surface area contributed by atoms with E-state index < -0.39 is 5.60 Å². The number of phenolic OH excluding ortho intramolecular Hbond substituents is 1. The molecule has 4 nitrogen and oxygen atoms in total. The van der Waals surface area contributed by atoms with Crippen molar-refractivity contribution in [3.63, 3.8) is 0 Å². The van der Waals surface area contributed by atoms with Gasteiger partial charge in [0.05, 0.1) is 5.60 Å². The Morgan fingerprint density at radius 1 is 1.13 bits per heavy atom. The van der Waals surface area contributed by atoms with Crippen molar-refractivity contribution in [2.45, 2.75) is 57.0 Å². The number of hydrogen-bond acceptors (Lipinski definition) is 3.